The number of nitrogens with zero attached hydrogens (tertiary/aromatic N) is 7. The number of benzene rings is 4. The van der Waals surface area contributed by atoms with Gasteiger partial charge in [0.25, 0.3) is 0 Å². The van der Waals surface area contributed by atoms with Crippen molar-refractivity contribution in [3.8, 4) is 11.1 Å². The molecular formula is C58H75N9O13. The second kappa shape index (κ2) is 34.4. The van der Waals surface area contributed by atoms with Gasteiger partial charge in [-0.05, 0) is 80.1 Å². The van der Waals surface area contributed by atoms with Crippen molar-refractivity contribution in [3.05, 3.63) is 132 Å². The lowest BCUT2D eigenvalue weighted by Crippen LogP contribution is -2.53. The fourth-order valence-electron chi connectivity index (χ4n) is 8.46. The summed E-state index contributed by atoms with van der Waals surface area (Å²) in [4.78, 5) is 142. The molecule has 4 aromatic carbocycles. The number of hydrogen-bond acceptors (Lipinski definition) is 12. The van der Waals surface area contributed by atoms with E-state index in [0.29, 0.717) is 32.4 Å². The molecule has 4 aromatic rings. The van der Waals surface area contributed by atoms with Gasteiger partial charge >= 0.3 is 17.9 Å². The SMILES string of the molecule is CN(CCCCN)CC(=O)N(CCC(=O)O)CC(=O)N(CCc1ccccc1)CC(=O)N(CCC(=O)O)CC(=O)N(CCc1ccc(-c2ccccc2)cc1)CC(=O)N(CCC(=O)O)CC(=O)N(CCc1ccccc1)CC(N)=O. The van der Waals surface area contributed by atoms with Crippen molar-refractivity contribution < 1.29 is 63.3 Å². The first-order chi connectivity index (χ1) is 38.3. The first-order valence-corrected chi connectivity index (χ1v) is 26.5. The van der Waals surface area contributed by atoms with Crippen LogP contribution in [0.1, 0.15) is 48.8 Å². The van der Waals surface area contributed by atoms with Crippen LogP contribution in [0.2, 0.25) is 0 Å². The minimum Gasteiger partial charge on any atom is -0.481 e. The highest BCUT2D eigenvalue weighted by atomic mass is 16.4. The predicted molar refractivity (Wildman–Crippen MR) is 297 cm³/mol. The van der Waals surface area contributed by atoms with Gasteiger partial charge in [0.15, 0.2) is 0 Å². The van der Waals surface area contributed by atoms with E-state index in [1.54, 1.807) is 54.4 Å². The molecule has 0 aliphatic rings. The summed E-state index contributed by atoms with van der Waals surface area (Å²) in [5.74, 6) is -9.13. The van der Waals surface area contributed by atoms with E-state index < -0.39 is 131 Å². The minimum atomic E-state index is -1.31. The Kier molecular flexibility index (Phi) is 27.5. The summed E-state index contributed by atoms with van der Waals surface area (Å²) in [5, 5.41) is 29.1. The van der Waals surface area contributed by atoms with Gasteiger partial charge in [0.2, 0.25) is 41.4 Å². The number of carbonyl (C=O) groups is 10. The third kappa shape index (κ3) is 24.0. The number of carbonyl (C=O) groups excluding carboxylic acids is 7. The maximum Gasteiger partial charge on any atom is 0.305 e. The van der Waals surface area contributed by atoms with Crippen LogP contribution in [0.15, 0.2) is 115 Å². The molecule has 0 aliphatic carbocycles. The number of likely N-dealkylation sites (N-methyl/N-ethyl adjacent to an activating group) is 1. The van der Waals surface area contributed by atoms with Crippen molar-refractivity contribution in [2.75, 3.05) is 105 Å². The van der Waals surface area contributed by atoms with Crippen molar-refractivity contribution in [2.45, 2.75) is 51.4 Å². The molecule has 430 valence electrons. The number of amides is 7. The van der Waals surface area contributed by atoms with Crippen LogP contribution >= 0.6 is 0 Å². The van der Waals surface area contributed by atoms with Crippen molar-refractivity contribution in [1.29, 1.82) is 0 Å². The number of nitrogens with two attached hydrogens (primary N) is 2. The van der Waals surface area contributed by atoms with Gasteiger partial charge in [0.05, 0.1) is 65.1 Å². The molecule has 7 N–H and O–H groups in total. The number of rotatable bonds is 37. The largest absolute Gasteiger partial charge is 0.481 e. The zero-order valence-corrected chi connectivity index (χ0v) is 45.4. The predicted octanol–water partition coefficient (Wildman–Crippen LogP) is 1.93. The van der Waals surface area contributed by atoms with Gasteiger partial charge in [0.1, 0.15) is 0 Å². The number of aliphatic carboxylic acids is 3. The Morgan fingerprint density at radius 3 is 1.00 bits per heavy atom. The first kappa shape index (κ1) is 64.0. The monoisotopic (exact) mass is 1110 g/mol. The maximum absolute atomic E-state index is 14.7. The van der Waals surface area contributed by atoms with Crippen LogP contribution in [-0.4, -0.2) is 214 Å². The summed E-state index contributed by atoms with van der Waals surface area (Å²) in [7, 11) is 1.71. The van der Waals surface area contributed by atoms with Gasteiger partial charge in [-0.15, -0.1) is 0 Å². The summed E-state index contributed by atoms with van der Waals surface area (Å²) in [6.45, 7) is -4.64. The van der Waals surface area contributed by atoms with E-state index in [1.807, 2.05) is 72.8 Å². The molecule has 0 heterocycles. The number of carboxylic acids is 3. The Hall–Kier alpha value is -8.50. The Morgan fingerprint density at radius 2 is 0.662 bits per heavy atom. The van der Waals surface area contributed by atoms with Crippen LogP contribution in [0.3, 0.4) is 0 Å². The van der Waals surface area contributed by atoms with Crippen LogP contribution in [-0.2, 0) is 67.2 Å². The summed E-state index contributed by atoms with van der Waals surface area (Å²) in [6.07, 6.45) is 0.445. The molecule has 0 bridgehead atoms. The second-order valence-corrected chi connectivity index (χ2v) is 19.3. The molecule has 0 unspecified atom stereocenters. The van der Waals surface area contributed by atoms with Crippen molar-refractivity contribution in [1.82, 2.24) is 34.3 Å². The van der Waals surface area contributed by atoms with Crippen molar-refractivity contribution in [3.63, 3.8) is 0 Å². The molecule has 4 rings (SSSR count). The molecule has 0 atom stereocenters. The Balaban J connectivity index is 1.66. The van der Waals surface area contributed by atoms with E-state index in [0.717, 1.165) is 52.3 Å². The van der Waals surface area contributed by atoms with Crippen molar-refractivity contribution in [2.24, 2.45) is 11.5 Å². The molecule has 0 saturated carbocycles. The van der Waals surface area contributed by atoms with Gasteiger partial charge in [0, 0.05) is 39.3 Å². The molecule has 0 radical (unpaired) electrons. The van der Waals surface area contributed by atoms with Crippen LogP contribution < -0.4 is 11.5 Å². The molecule has 22 heteroatoms. The molecular weight excluding hydrogens is 1030 g/mol. The number of hydrogen-bond donors (Lipinski definition) is 5. The molecule has 0 aliphatic heterocycles. The highest BCUT2D eigenvalue weighted by molar-refractivity contribution is 5.93. The summed E-state index contributed by atoms with van der Waals surface area (Å²) >= 11 is 0. The van der Waals surface area contributed by atoms with E-state index in [2.05, 4.69) is 0 Å². The standard InChI is InChI=1S/C58H75N9O13/c1-61(30-12-11-29-59)38-50(69)65(34-26-56(75)76)42-52(71)63(32-24-45-15-7-3-8-16-45)40-55(74)67(36-28-58(79)80)43-53(72)64(33-25-46-19-21-48(22-20-46)47-17-9-4-10-18-47)41-54(73)66(35-27-57(77)78)39-51(70)62(37-49(60)68)31-23-44-13-5-2-6-14-44/h2-10,13-22H,11-12,23-43,59H2,1H3,(H2,60,68)(H,75,76)(H,77,78)(H,79,80). The number of carboxylic acid groups (broad SMARTS) is 3. The van der Waals surface area contributed by atoms with E-state index in [9.17, 15) is 63.3 Å². The van der Waals surface area contributed by atoms with Crippen LogP contribution in [0.4, 0.5) is 0 Å². The molecule has 0 aromatic heterocycles. The molecule has 0 spiro atoms. The summed E-state index contributed by atoms with van der Waals surface area (Å²) < 4.78 is 0. The molecule has 80 heavy (non-hydrogen) atoms. The maximum atomic E-state index is 14.7. The highest BCUT2D eigenvalue weighted by Gasteiger charge is 2.31. The lowest BCUT2D eigenvalue weighted by Gasteiger charge is -2.32. The van der Waals surface area contributed by atoms with Crippen molar-refractivity contribution >= 4 is 59.3 Å². The third-order valence-electron chi connectivity index (χ3n) is 13.0. The molecule has 7 amide bonds. The molecule has 0 fully saturated rings. The van der Waals surface area contributed by atoms with E-state index in [-0.39, 0.29) is 45.6 Å². The van der Waals surface area contributed by atoms with E-state index in [4.69, 9.17) is 11.5 Å². The van der Waals surface area contributed by atoms with Gasteiger partial charge in [-0.2, -0.15) is 0 Å². The highest BCUT2D eigenvalue weighted by Crippen LogP contribution is 2.20. The normalized spacial score (nSPS) is 10.8. The summed E-state index contributed by atoms with van der Waals surface area (Å²) in [6, 6.07) is 35.1. The Morgan fingerprint density at radius 1 is 0.362 bits per heavy atom. The van der Waals surface area contributed by atoms with Gasteiger partial charge in [-0.25, -0.2) is 0 Å². The Labute approximate surface area is 466 Å². The second-order valence-electron chi connectivity index (χ2n) is 19.3. The third-order valence-corrected chi connectivity index (χ3v) is 13.0. The lowest BCUT2D eigenvalue weighted by atomic mass is 10.0. The van der Waals surface area contributed by atoms with Gasteiger partial charge in [-0.3, -0.25) is 52.8 Å². The molecule has 22 nitrogen and oxygen atoms in total. The van der Waals surface area contributed by atoms with Gasteiger partial charge < -0.3 is 56.2 Å². The number of primary amides is 1. The van der Waals surface area contributed by atoms with Crippen LogP contribution in [0, 0.1) is 0 Å². The average molecular weight is 1110 g/mol. The Bertz CT molecular complexity index is 2660. The van der Waals surface area contributed by atoms with E-state index in [1.165, 1.54) is 4.90 Å². The zero-order chi connectivity index (χ0) is 58.4. The fourth-order valence-corrected chi connectivity index (χ4v) is 8.46. The lowest BCUT2D eigenvalue weighted by molar-refractivity contribution is -0.149. The van der Waals surface area contributed by atoms with Crippen LogP contribution in [0.25, 0.3) is 11.1 Å². The minimum absolute atomic E-state index is 0.0323. The fraction of sp³-hybridized carbons (Fsp3) is 0.414. The van der Waals surface area contributed by atoms with Gasteiger partial charge in [-0.1, -0.05) is 115 Å². The zero-order valence-electron chi connectivity index (χ0n) is 45.4. The van der Waals surface area contributed by atoms with Crippen LogP contribution in [0.5, 0.6) is 0 Å². The topological polar surface area (TPSA) is 306 Å². The van der Waals surface area contributed by atoms with E-state index >= 15 is 0 Å². The smallest absolute Gasteiger partial charge is 0.305 e. The quantitative estimate of drug-likeness (QED) is 0.0403. The average Bonchev–Trinajstić information content (AvgIpc) is 3.43. The molecule has 0 saturated heterocycles. The first-order valence-electron chi connectivity index (χ1n) is 26.5. The summed E-state index contributed by atoms with van der Waals surface area (Å²) in [5.41, 5.74) is 15.4. The number of unbranched alkanes of at least 4 members (excludes halogenated alkanes) is 1.